The molecule has 0 saturated heterocycles. The lowest BCUT2D eigenvalue weighted by Crippen LogP contribution is -2.52. The fourth-order valence-electron chi connectivity index (χ4n) is 6.72. The monoisotopic (exact) mass is 312 g/mol. The topological polar surface area (TPSA) is 37.3 Å². The van der Waals surface area contributed by atoms with Crippen LogP contribution in [-0.4, -0.2) is 16.5 Å². The fourth-order valence-corrected chi connectivity index (χ4v) is 6.72. The molecule has 0 spiro atoms. The molecule has 1 N–H and O–H groups in total. The molecule has 0 amide bonds. The van der Waals surface area contributed by atoms with Crippen molar-refractivity contribution in [3.8, 4) is 12.3 Å². The van der Waals surface area contributed by atoms with Gasteiger partial charge in [0.25, 0.3) is 0 Å². The van der Waals surface area contributed by atoms with Crippen LogP contribution < -0.4 is 0 Å². The van der Waals surface area contributed by atoms with Crippen LogP contribution in [0.5, 0.6) is 0 Å². The molecule has 0 aromatic carbocycles. The van der Waals surface area contributed by atoms with E-state index in [9.17, 15) is 9.90 Å². The van der Waals surface area contributed by atoms with Crippen LogP contribution in [-0.2, 0) is 4.79 Å². The predicted molar refractivity (Wildman–Crippen MR) is 90.5 cm³/mol. The second kappa shape index (κ2) is 4.96. The van der Waals surface area contributed by atoms with Crippen LogP contribution >= 0.6 is 0 Å². The van der Waals surface area contributed by atoms with E-state index in [0.717, 1.165) is 44.9 Å². The Morgan fingerprint density at radius 2 is 2.04 bits per heavy atom. The molecule has 6 atom stereocenters. The first-order valence-corrected chi connectivity index (χ1v) is 9.32. The Labute approximate surface area is 139 Å². The first kappa shape index (κ1) is 15.5. The highest BCUT2D eigenvalue weighted by molar-refractivity contribution is 5.82. The third-order valence-corrected chi connectivity index (χ3v) is 7.93. The first-order valence-electron chi connectivity index (χ1n) is 9.32. The van der Waals surface area contributed by atoms with Gasteiger partial charge in [-0.05, 0) is 62.2 Å². The summed E-state index contributed by atoms with van der Waals surface area (Å²) in [7, 11) is 0. The second-order valence-electron chi connectivity index (χ2n) is 8.82. The average Bonchev–Trinajstić information content (AvgIpc) is 2.79. The summed E-state index contributed by atoms with van der Waals surface area (Å²) in [5.41, 5.74) is 2.04. The van der Waals surface area contributed by atoms with Gasteiger partial charge in [0.15, 0.2) is 0 Å². The van der Waals surface area contributed by atoms with Crippen molar-refractivity contribution in [2.75, 3.05) is 0 Å². The minimum absolute atomic E-state index is 0.125. The molecule has 0 bridgehead atoms. The smallest absolute Gasteiger partial charge is 0.137 e. The van der Waals surface area contributed by atoms with Gasteiger partial charge in [-0.15, -0.1) is 6.42 Å². The average molecular weight is 312 g/mol. The van der Waals surface area contributed by atoms with Gasteiger partial charge in [-0.25, -0.2) is 0 Å². The van der Waals surface area contributed by atoms with Crippen molar-refractivity contribution < 1.29 is 9.90 Å². The molecule has 2 saturated carbocycles. The van der Waals surface area contributed by atoms with Crippen molar-refractivity contribution in [2.45, 2.75) is 70.8 Å². The number of hydrogen-bond acceptors (Lipinski definition) is 2. The van der Waals surface area contributed by atoms with Crippen LogP contribution in [0, 0.1) is 41.4 Å². The number of allylic oxidation sites excluding steroid dienone is 2. The second-order valence-corrected chi connectivity index (χ2v) is 8.82. The summed E-state index contributed by atoms with van der Waals surface area (Å²) in [5.74, 6) is 5.60. The SMILES string of the molecule is C#CC1(O)CC[C@H]2[C@@H]3C(C)CC4=C(CCC(=O)C4)[C@H]3CC[C@@]21C. The van der Waals surface area contributed by atoms with Crippen LogP contribution in [0.1, 0.15) is 65.2 Å². The van der Waals surface area contributed by atoms with Crippen LogP contribution in [0.15, 0.2) is 11.1 Å². The molecular weight excluding hydrogens is 284 g/mol. The highest BCUT2D eigenvalue weighted by Crippen LogP contribution is 2.65. The Morgan fingerprint density at radius 1 is 1.26 bits per heavy atom. The summed E-state index contributed by atoms with van der Waals surface area (Å²) in [4.78, 5) is 11.9. The van der Waals surface area contributed by atoms with Gasteiger partial charge in [0.2, 0.25) is 0 Å². The predicted octanol–water partition coefficient (Wildman–Crippen LogP) is 3.88. The van der Waals surface area contributed by atoms with Crippen molar-refractivity contribution in [1.82, 2.24) is 0 Å². The number of terminal acetylenes is 1. The molecule has 0 aromatic rings. The number of aliphatic hydroxyl groups is 1. The van der Waals surface area contributed by atoms with Crippen molar-refractivity contribution in [2.24, 2.45) is 29.1 Å². The highest BCUT2D eigenvalue weighted by atomic mass is 16.3. The van der Waals surface area contributed by atoms with E-state index in [2.05, 4.69) is 19.8 Å². The van der Waals surface area contributed by atoms with E-state index in [-0.39, 0.29) is 5.41 Å². The van der Waals surface area contributed by atoms with Gasteiger partial charge in [-0.1, -0.05) is 30.9 Å². The van der Waals surface area contributed by atoms with E-state index in [1.165, 1.54) is 5.57 Å². The van der Waals surface area contributed by atoms with Crippen molar-refractivity contribution in [3.63, 3.8) is 0 Å². The minimum Gasteiger partial charge on any atom is -0.377 e. The number of ketones is 1. The van der Waals surface area contributed by atoms with Gasteiger partial charge in [0.1, 0.15) is 11.4 Å². The molecule has 2 fully saturated rings. The Bertz CT molecular complexity index is 624. The van der Waals surface area contributed by atoms with Crippen molar-refractivity contribution in [1.29, 1.82) is 0 Å². The summed E-state index contributed by atoms with van der Waals surface area (Å²) in [5, 5.41) is 11.0. The maximum Gasteiger partial charge on any atom is 0.137 e. The zero-order valence-corrected chi connectivity index (χ0v) is 14.4. The van der Waals surface area contributed by atoms with Crippen LogP contribution in [0.3, 0.4) is 0 Å². The van der Waals surface area contributed by atoms with Crippen molar-refractivity contribution in [3.05, 3.63) is 11.1 Å². The number of rotatable bonds is 0. The standard InChI is InChI=1S/C21H28O2/c1-4-21(23)10-8-18-19-13(2)11-14-12-15(22)5-6-16(14)17(19)7-9-20(18,21)3/h1,13,17-19,23H,5-12H2,2-3H3/t13?,17-,18+,19-,20+,21?/m1/s1. The molecule has 0 heterocycles. The van der Waals surface area contributed by atoms with Crippen LogP contribution in [0.2, 0.25) is 0 Å². The molecular formula is C21H28O2. The summed E-state index contributed by atoms with van der Waals surface area (Å²) < 4.78 is 0. The van der Waals surface area contributed by atoms with E-state index in [0.29, 0.717) is 35.9 Å². The van der Waals surface area contributed by atoms with Gasteiger partial charge >= 0.3 is 0 Å². The third-order valence-electron chi connectivity index (χ3n) is 7.93. The van der Waals surface area contributed by atoms with E-state index in [4.69, 9.17) is 6.42 Å². The first-order chi connectivity index (χ1) is 10.9. The van der Waals surface area contributed by atoms with Crippen molar-refractivity contribution >= 4 is 5.78 Å². The quantitative estimate of drug-likeness (QED) is 0.544. The molecule has 2 heteroatoms. The highest BCUT2D eigenvalue weighted by Gasteiger charge is 2.62. The molecule has 2 nitrogen and oxygen atoms in total. The molecule has 23 heavy (non-hydrogen) atoms. The lowest BCUT2D eigenvalue weighted by molar-refractivity contribution is -0.119. The van der Waals surface area contributed by atoms with Gasteiger partial charge in [-0.2, -0.15) is 0 Å². The lowest BCUT2D eigenvalue weighted by atomic mass is 9.50. The number of fused-ring (bicyclic) bond motifs is 4. The lowest BCUT2D eigenvalue weighted by Gasteiger charge is -2.55. The van der Waals surface area contributed by atoms with Gasteiger partial charge in [-0.3, -0.25) is 4.79 Å². The maximum absolute atomic E-state index is 11.9. The van der Waals surface area contributed by atoms with Gasteiger partial charge in [0, 0.05) is 18.3 Å². The number of carbonyl (C=O) groups is 1. The number of carbonyl (C=O) groups excluding carboxylic acids is 1. The normalized spacial score (nSPS) is 49.2. The summed E-state index contributed by atoms with van der Waals surface area (Å²) in [6.45, 7) is 4.60. The van der Waals surface area contributed by atoms with E-state index >= 15 is 0 Å². The molecule has 0 radical (unpaired) electrons. The van der Waals surface area contributed by atoms with E-state index in [1.807, 2.05) is 0 Å². The molecule has 2 unspecified atom stereocenters. The Morgan fingerprint density at radius 3 is 2.78 bits per heavy atom. The molecule has 4 rings (SSSR count). The Hall–Kier alpha value is -1.07. The fraction of sp³-hybridized carbons (Fsp3) is 0.762. The molecule has 4 aliphatic rings. The maximum atomic E-state index is 11.9. The number of Topliss-reactive ketones (excluding diaryl/α,β-unsaturated/α-hetero) is 1. The minimum atomic E-state index is -0.917. The van der Waals surface area contributed by atoms with Crippen LogP contribution in [0.25, 0.3) is 0 Å². The van der Waals surface area contributed by atoms with Gasteiger partial charge < -0.3 is 5.11 Å². The summed E-state index contributed by atoms with van der Waals surface area (Å²) in [6, 6.07) is 0. The Kier molecular flexibility index (Phi) is 3.34. The zero-order valence-electron chi connectivity index (χ0n) is 14.4. The molecule has 0 aromatic heterocycles. The zero-order chi connectivity index (χ0) is 16.4. The Balaban J connectivity index is 1.72. The number of hydrogen-bond donors (Lipinski definition) is 1. The molecule has 124 valence electrons. The van der Waals surface area contributed by atoms with E-state index in [1.54, 1.807) is 5.57 Å². The van der Waals surface area contributed by atoms with Gasteiger partial charge in [0.05, 0.1) is 0 Å². The summed E-state index contributed by atoms with van der Waals surface area (Å²) in [6.07, 6.45) is 13.2. The molecule has 0 aliphatic heterocycles. The van der Waals surface area contributed by atoms with Crippen LogP contribution in [0.4, 0.5) is 0 Å². The van der Waals surface area contributed by atoms with E-state index < -0.39 is 5.60 Å². The third kappa shape index (κ3) is 1.96. The summed E-state index contributed by atoms with van der Waals surface area (Å²) >= 11 is 0. The molecule has 4 aliphatic carbocycles. The largest absolute Gasteiger partial charge is 0.377 e.